The number of ether oxygens (including phenoxy) is 2. The SMILES string of the molecule is CC1OC(Oc2c(O)cc3c(=O)oc4c(O)c(O)cc5c(=O)oc2c3c45)C(O)C(O)C1O. The normalized spacial score (nSPS) is 26.3. The minimum Gasteiger partial charge on any atom is -0.504 e. The number of rotatable bonds is 2. The van der Waals surface area contributed by atoms with E-state index in [9.17, 15) is 40.2 Å². The second-order valence-corrected chi connectivity index (χ2v) is 7.55. The topological polar surface area (TPSA) is 200 Å². The molecule has 5 rings (SSSR count). The van der Waals surface area contributed by atoms with Crippen LogP contribution in [-0.2, 0) is 4.74 Å². The van der Waals surface area contributed by atoms with Crippen molar-refractivity contribution in [3.63, 3.8) is 0 Å². The molecule has 0 radical (unpaired) electrons. The Balaban J connectivity index is 1.81. The van der Waals surface area contributed by atoms with Crippen LogP contribution in [0.15, 0.2) is 30.6 Å². The number of hydrogen-bond acceptors (Lipinski definition) is 12. The van der Waals surface area contributed by atoms with Crippen LogP contribution in [0.4, 0.5) is 0 Å². The van der Waals surface area contributed by atoms with Crippen LogP contribution in [0.1, 0.15) is 6.92 Å². The first-order chi connectivity index (χ1) is 15.1. The Labute approximate surface area is 176 Å². The van der Waals surface area contributed by atoms with Gasteiger partial charge in [0.25, 0.3) is 0 Å². The number of hydrogen-bond donors (Lipinski definition) is 6. The van der Waals surface area contributed by atoms with Crippen molar-refractivity contribution in [3.8, 4) is 23.0 Å². The largest absolute Gasteiger partial charge is 0.504 e. The van der Waals surface area contributed by atoms with Gasteiger partial charge in [-0.25, -0.2) is 9.59 Å². The molecule has 2 aromatic carbocycles. The number of aliphatic hydroxyl groups excluding tert-OH is 3. The average molecular weight is 448 g/mol. The smallest absolute Gasteiger partial charge is 0.344 e. The summed E-state index contributed by atoms with van der Waals surface area (Å²) in [5.41, 5.74) is -2.93. The molecule has 12 nitrogen and oxygen atoms in total. The highest BCUT2D eigenvalue weighted by Crippen LogP contribution is 2.45. The van der Waals surface area contributed by atoms with E-state index >= 15 is 0 Å². The molecule has 5 atom stereocenters. The highest BCUT2D eigenvalue weighted by atomic mass is 16.7. The molecule has 0 aliphatic carbocycles. The van der Waals surface area contributed by atoms with Crippen molar-refractivity contribution in [3.05, 3.63) is 33.0 Å². The maximum atomic E-state index is 12.6. The lowest BCUT2D eigenvalue weighted by atomic mass is 10.00. The second kappa shape index (κ2) is 6.71. The fraction of sp³-hybridized carbons (Fsp3) is 0.300. The second-order valence-electron chi connectivity index (χ2n) is 7.55. The van der Waals surface area contributed by atoms with E-state index in [2.05, 4.69) is 0 Å². The van der Waals surface area contributed by atoms with Crippen LogP contribution in [-0.4, -0.2) is 61.3 Å². The summed E-state index contributed by atoms with van der Waals surface area (Å²) in [4.78, 5) is 25.1. The quantitative estimate of drug-likeness (QED) is 0.134. The number of aliphatic hydroxyl groups is 3. The summed E-state index contributed by atoms with van der Waals surface area (Å²) >= 11 is 0. The fourth-order valence-corrected chi connectivity index (χ4v) is 3.91. The molecule has 4 aromatic rings. The zero-order valence-electron chi connectivity index (χ0n) is 16.2. The molecule has 1 fully saturated rings. The Bertz CT molecular complexity index is 1480. The number of benzene rings is 2. The highest BCUT2D eigenvalue weighted by Gasteiger charge is 2.44. The molecule has 0 saturated carbocycles. The van der Waals surface area contributed by atoms with E-state index in [0.29, 0.717) is 0 Å². The van der Waals surface area contributed by atoms with Crippen LogP contribution in [0.25, 0.3) is 32.7 Å². The number of aromatic hydroxyl groups is 3. The minimum absolute atomic E-state index is 0.0621. The van der Waals surface area contributed by atoms with Gasteiger partial charge < -0.3 is 48.9 Å². The van der Waals surface area contributed by atoms with Crippen molar-refractivity contribution in [1.29, 1.82) is 0 Å². The maximum Gasteiger partial charge on any atom is 0.344 e. The van der Waals surface area contributed by atoms with Crippen molar-refractivity contribution in [2.75, 3.05) is 0 Å². The van der Waals surface area contributed by atoms with E-state index in [1.54, 1.807) is 0 Å². The van der Waals surface area contributed by atoms with Crippen LogP contribution in [0, 0.1) is 0 Å². The van der Waals surface area contributed by atoms with Gasteiger partial charge in [0, 0.05) is 10.8 Å². The lowest BCUT2D eigenvalue weighted by molar-refractivity contribution is -0.268. The first-order valence-corrected chi connectivity index (χ1v) is 9.40. The molecule has 0 amide bonds. The summed E-state index contributed by atoms with van der Waals surface area (Å²) < 4.78 is 21.2. The first kappa shape index (κ1) is 20.3. The molecular formula is C20H16O12. The minimum atomic E-state index is -1.74. The Morgan fingerprint density at radius 2 is 1.38 bits per heavy atom. The van der Waals surface area contributed by atoms with Crippen LogP contribution < -0.4 is 16.0 Å². The van der Waals surface area contributed by atoms with E-state index in [4.69, 9.17) is 18.3 Å². The van der Waals surface area contributed by atoms with Crippen LogP contribution in [0.5, 0.6) is 23.0 Å². The molecule has 1 aliphatic heterocycles. The van der Waals surface area contributed by atoms with E-state index in [1.165, 1.54) is 6.92 Å². The summed E-state index contributed by atoms with van der Waals surface area (Å²) in [6.45, 7) is 1.42. The van der Waals surface area contributed by atoms with Gasteiger partial charge in [0.2, 0.25) is 17.8 Å². The van der Waals surface area contributed by atoms with Crippen LogP contribution in [0.3, 0.4) is 0 Å². The lowest BCUT2D eigenvalue weighted by Crippen LogP contribution is -2.58. The van der Waals surface area contributed by atoms with Gasteiger partial charge in [-0.05, 0) is 19.1 Å². The van der Waals surface area contributed by atoms with Gasteiger partial charge in [0.1, 0.15) is 18.3 Å². The van der Waals surface area contributed by atoms with Gasteiger partial charge in [0.15, 0.2) is 22.7 Å². The Morgan fingerprint density at radius 1 is 0.812 bits per heavy atom. The summed E-state index contributed by atoms with van der Waals surface area (Å²) in [6, 6.07) is 1.90. The zero-order chi connectivity index (χ0) is 23.1. The third-order valence-electron chi connectivity index (χ3n) is 5.57. The zero-order valence-corrected chi connectivity index (χ0v) is 16.2. The van der Waals surface area contributed by atoms with Gasteiger partial charge in [0.05, 0.1) is 16.9 Å². The molecule has 0 bridgehead atoms. The Hall–Kier alpha value is -3.58. The third kappa shape index (κ3) is 2.64. The third-order valence-corrected chi connectivity index (χ3v) is 5.57. The summed E-state index contributed by atoms with van der Waals surface area (Å²) in [6.07, 6.45) is -7.33. The van der Waals surface area contributed by atoms with E-state index in [1.807, 2.05) is 0 Å². The highest BCUT2D eigenvalue weighted by molar-refractivity contribution is 6.22. The van der Waals surface area contributed by atoms with Gasteiger partial charge in [-0.1, -0.05) is 0 Å². The summed E-state index contributed by atoms with van der Waals surface area (Å²) in [5, 5.41) is 60.0. The van der Waals surface area contributed by atoms with E-state index in [-0.39, 0.29) is 21.5 Å². The molecule has 32 heavy (non-hydrogen) atoms. The molecule has 5 unspecified atom stereocenters. The first-order valence-electron chi connectivity index (χ1n) is 9.40. The summed E-state index contributed by atoms with van der Waals surface area (Å²) in [7, 11) is 0. The summed E-state index contributed by atoms with van der Waals surface area (Å²) in [5.74, 6) is -2.68. The van der Waals surface area contributed by atoms with Crippen molar-refractivity contribution < 1.29 is 48.9 Å². The Kier molecular flexibility index (Phi) is 4.26. The van der Waals surface area contributed by atoms with Crippen LogP contribution >= 0.6 is 0 Å². The molecule has 168 valence electrons. The van der Waals surface area contributed by atoms with Gasteiger partial charge in [-0.2, -0.15) is 0 Å². The van der Waals surface area contributed by atoms with E-state index in [0.717, 1.165) is 12.1 Å². The fourth-order valence-electron chi connectivity index (χ4n) is 3.91. The van der Waals surface area contributed by atoms with Gasteiger partial charge in [-0.15, -0.1) is 0 Å². The lowest BCUT2D eigenvalue weighted by Gasteiger charge is -2.38. The molecule has 6 N–H and O–H groups in total. The number of phenolic OH excluding ortho intramolecular Hbond substituents is 3. The van der Waals surface area contributed by atoms with Gasteiger partial charge >= 0.3 is 11.3 Å². The number of phenols is 3. The predicted octanol–water partition coefficient (Wildman–Crippen LogP) is -0.187. The van der Waals surface area contributed by atoms with Crippen molar-refractivity contribution in [1.82, 2.24) is 0 Å². The molecule has 2 aromatic heterocycles. The molecule has 1 saturated heterocycles. The molecule has 1 aliphatic rings. The maximum absolute atomic E-state index is 12.6. The average Bonchev–Trinajstić information content (AvgIpc) is 2.75. The van der Waals surface area contributed by atoms with Crippen molar-refractivity contribution in [2.45, 2.75) is 37.6 Å². The van der Waals surface area contributed by atoms with Crippen LogP contribution in [0.2, 0.25) is 0 Å². The standard InChI is InChI=1S/C20H16O12/c1-4-11(23)13(25)14(26)20(29-4)32-15-8(22)3-6-10-9-5(19(28)31-17(10)15)2-7(21)12(24)16(9)30-18(6)27/h2-4,11,13-14,20-26H,1H3. The molecular weight excluding hydrogens is 432 g/mol. The Morgan fingerprint density at radius 3 is 2.03 bits per heavy atom. The van der Waals surface area contributed by atoms with Crippen molar-refractivity contribution >= 4 is 32.7 Å². The predicted molar refractivity (Wildman–Crippen MR) is 105 cm³/mol. The van der Waals surface area contributed by atoms with E-state index < -0.39 is 76.1 Å². The van der Waals surface area contributed by atoms with Crippen molar-refractivity contribution in [2.24, 2.45) is 0 Å². The monoisotopic (exact) mass is 448 g/mol. The molecule has 0 spiro atoms. The van der Waals surface area contributed by atoms with Gasteiger partial charge in [-0.3, -0.25) is 0 Å². The molecule has 3 heterocycles. The molecule has 12 heteroatoms.